The third-order valence-electron chi connectivity index (χ3n) is 4.59. The van der Waals surface area contributed by atoms with Crippen molar-refractivity contribution < 1.29 is 10.0 Å². The molecule has 0 radical (unpaired) electrons. The largest absolute Gasteiger partial charge is 0.393 e. The Hall–Kier alpha value is -2.60. The molecule has 1 saturated heterocycles. The van der Waals surface area contributed by atoms with Gasteiger partial charge in [-0.05, 0) is 37.0 Å². The van der Waals surface area contributed by atoms with Crippen LogP contribution in [0.1, 0.15) is 18.4 Å². The standard InChI is InChI=1S/C19H23N3O3/c23-17-10-13-21(14-11-17)19-4-2-1-3-18(19)20-12-9-15-5-7-16(8-6-15)22(24)25/h1-8,17,20,23H,9-14H2. The van der Waals surface area contributed by atoms with Gasteiger partial charge in [0.25, 0.3) is 5.69 Å². The van der Waals surface area contributed by atoms with E-state index in [1.807, 2.05) is 12.1 Å². The topological polar surface area (TPSA) is 78.6 Å². The number of hydrogen-bond donors (Lipinski definition) is 2. The van der Waals surface area contributed by atoms with E-state index in [1.54, 1.807) is 24.3 Å². The summed E-state index contributed by atoms with van der Waals surface area (Å²) in [7, 11) is 0. The number of non-ortho nitro benzene ring substituents is 1. The van der Waals surface area contributed by atoms with E-state index in [9.17, 15) is 15.2 Å². The van der Waals surface area contributed by atoms with Gasteiger partial charge in [0.15, 0.2) is 0 Å². The molecule has 3 rings (SSSR count). The molecule has 0 bridgehead atoms. The molecule has 132 valence electrons. The summed E-state index contributed by atoms with van der Waals surface area (Å²) in [5.41, 5.74) is 3.44. The van der Waals surface area contributed by atoms with E-state index in [0.717, 1.165) is 55.8 Å². The van der Waals surface area contributed by atoms with Crippen molar-refractivity contribution in [2.45, 2.75) is 25.4 Å². The van der Waals surface area contributed by atoms with Crippen LogP contribution in [0.5, 0.6) is 0 Å². The number of nitrogens with zero attached hydrogens (tertiary/aromatic N) is 2. The van der Waals surface area contributed by atoms with Gasteiger partial charge in [0.2, 0.25) is 0 Å². The number of nitro benzene ring substituents is 1. The summed E-state index contributed by atoms with van der Waals surface area (Å²) in [6.07, 6.45) is 2.22. The molecular formula is C19H23N3O3. The van der Waals surface area contributed by atoms with Crippen LogP contribution in [0.25, 0.3) is 0 Å². The van der Waals surface area contributed by atoms with E-state index in [0.29, 0.717) is 0 Å². The lowest BCUT2D eigenvalue weighted by Crippen LogP contribution is -2.36. The van der Waals surface area contributed by atoms with Crippen molar-refractivity contribution in [3.05, 3.63) is 64.2 Å². The molecule has 0 amide bonds. The number of para-hydroxylation sites is 2. The van der Waals surface area contributed by atoms with Gasteiger partial charge in [-0.15, -0.1) is 0 Å². The molecule has 1 aliphatic rings. The fourth-order valence-electron chi connectivity index (χ4n) is 3.13. The molecule has 0 spiro atoms. The molecule has 2 N–H and O–H groups in total. The fraction of sp³-hybridized carbons (Fsp3) is 0.368. The molecule has 1 fully saturated rings. The first-order valence-electron chi connectivity index (χ1n) is 8.63. The molecule has 0 aromatic heterocycles. The third-order valence-corrected chi connectivity index (χ3v) is 4.59. The molecular weight excluding hydrogens is 318 g/mol. The maximum Gasteiger partial charge on any atom is 0.269 e. The van der Waals surface area contributed by atoms with Crippen molar-refractivity contribution in [2.24, 2.45) is 0 Å². The minimum Gasteiger partial charge on any atom is -0.393 e. The van der Waals surface area contributed by atoms with E-state index >= 15 is 0 Å². The monoisotopic (exact) mass is 341 g/mol. The summed E-state index contributed by atoms with van der Waals surface area (Å²) in [4.78, 5) is 12.6. The van der Waals surface area contributed by atoms with Crippen molar-refractivity contribution in [3.63, 3.8) is 0 Å². The first kappa shape index (κ1) is 17.2. The van der Waals surface area contributed by atoms with Crippen LogP contribution in [-0.4, -0.2) is 35.8 Å². The third kappa shape index (κ3) is 4.48. The normalized spacial score (nSPS) is 15.2. The van der Waals surface area contributed by atoms with Gasteiger partial charge in [-0.3, -0.25) is 10.1 Å². The lowest BCUT2D eigenvalue weighted by molar-refractivity contribution is -0.384. The van der Waals surface area contributed by atoms with Crippen molar-refractivity contribution in [3.8, 4) is 0 Å². The maximum atomic E-state index is 10.7. The van der Waals surface area contributed by atoms with Gasteiger partial charge in [-0.25, -0.2) is 0 Å². The van der Waals surface area contributed by atoms with Gasteiger partial charge in [0.1, 0.15) is 0 Å². The Morgan fingerprint density at radius 1 is 1.12 bits per heavy atom. The second-order valence-electron chi connectivity index (χ2n) is 6.34. The quantitative estimate of drug-likeness (QED) is 0.623. The molecule has 1 aliphatic heterocycles. The van der Waals surface area contributed by atoms with Gasteiger partial charge in [0, 0.05) is 31.8 Å². The SMILES string of the molecule is O=[N+]([O-])c1ccc(CCNc2ccccc2N2CCC(O)CC2)cc1. The maximum absolute atomic E-state index is 10.7. The zero-order chi connectivity index (χ0) is 17.6. The highest BCUT2D eigenvalue weighted by Gasteiger charge is 2.19. The first-order chi connectivity index (χ1) is 12.1. The Morgan fingerprint density at radius 3 is 2.48 bits per heavy atom. The van der Waals surface area contributed by atoms with Crippen LogP contribution in [0.3, 0.4) is 0 Å². The van der Waals surface area contributed by atoms with Gasteiger partial charge in [-0.2, -0.15) is 0 Å². The molecule has 6 heteroatoms. The van der Waals surface area contributed by atoms with Crippen LogP contribution >= 0.6 is 0 Å². The summed E-state index contributed by atoms with van der Waals surface area (Å²) in [6, 6.07) is 14.9. The van der Waals surface area contributed by atoms with Crippen LogP contribution in [0.4, 0.5) is 17.1 Å². The molecule has 0 atom stereocenters. The highest BCUT2D eigenvalue weighted by Crippen LogP contribution is 2.28. The number of hydrogen-bond acceptors (Lipinski definition) is 5. The molecule has 6 nitrogen and oxygen atoms in total. The Morgan fingerprint density at radius 2 is 1.80 bits per heavy atom. The average Bonchev–Trinajstić information content (AvgIpc) is 2.63. The van der Waals surface area contributed by atoms with Gasteiger partial charge >= 0.3 is 0 Å². The number of rotatable bonds is 6. The number of nitro groups is 1. The van der Waals surface area contributed by atoms with E-state index in [4.69, 9.17) is 0 Å². The van der Waals surface area contributed by atoms with Crippen molar-refractivity contribution in [1.82, 2.24) is 0 Å². The Balaban J connectivity index is 1.59. The Bertz CT molecular complexity index is 710. The van der Waals surface area contributed by atoms with Crippen LogP contribution in [0, 0.1) is 10.1 Å². The Labute approximate surface area is 147 Å². The van der Waals surface area contributed by atoms with E-state index in [1.165, 1.54) is 0 Å². The molecule has 1 heterocycles. The molecule has 0 saturated carbocycles. The summed E-state index contributed by atoms with van der Waals surface area (Å²) in [6.45, 7) is 2.48. The first-order valence-corrected chi connectivity index (χ1v) is 8.63. The van der Waals surface area contributed by atoms with Crippen LogP contribution in [-0.2, 0) is 6.42 Å². The van der Waals surface area contributed by atoms with E-state index in [2.05, 4.69) is 22.3 Å². The van der Waals surface area contributed by atoms with Crippen LogP contribution in [0.2, 0.25) is 0 Å². The number of aliphatic hydroxyl groups excluding tert-OH is 1. The van der Waals surface area contributed by atoms with Gasteiger partial charge < -0.3 is 15.3 Å². The Kier molecular flexibility index (Phi) is 5.50. The number of piperidine rings is 1. The molecule has 0 aliphatic carbocycles. The number of nitrogens with one attached hydrogen (secondary N) is 1. The van der Waals surface area contributed by atoms with Crippen LogP contribution < -0.4 is 10.2 Å². The number of aliphatic hydroxyl groups is 1. The van der Waals surface area contributed by atoms with Crippen molar-refractivity contribution in [1.29, 1.82) is 0 Å². The van der Waals surface area contributed by atoms with Crippen molar-refractivity contribution in [2.75, 3.05) is 29.9 Å². The summed E-state index contributed by atoms with van der Waals surface area (Å²) in [5.74, 6) is 0. The lowest BCUT2D eigenvalue weighted by atomic mass is 10.1. The zero-order valence-corrected chi connectivity index (χ0v) is 14.1. The highest BCUT2D eigenvalue weighted by molar-refractivity contribution is 5.70. The second kappa shape index (κ2) is 7.98. The average molecular weight is 341 g/mol. The van der Waals surface area contributed by atoms with Gasteiger partial charge in [-0.1, -0.05) is 24.3 Å². The molecule has 2 aromatic carbocycles. The summed E-state index contributed by atoms with van der Waals surface area (Å²) < 4.78 is 0. The highest BCUT2D eigenvalue weighted by atomic mass is 16.6. The van der Waals surface area contributed by atoms with Crippen LogP contribution in [0.15, 0.2) is 48.5 Å². The van der Waals surface area contributed by atoms with Gasteiger partial charge in [0.05, 0.1) is 22.4 Å². The number of anilines is 2. The smallest absolute Gasteiger partial charge is 0.269 e. The van der Waals surface area contributed by atoms with Crippen molar-refractivity contribution >= 4 is 17.1 Å². The van der Waals surface area contributed by atoms with E-state index in [-0.39, 0.29) is 16.7 Å². The zero-order valence-electron chi connectivity index (χ0n) is 14.1. The number of benzene rings is 2. The lowest BCUT2D eigenvalue weighted by Gasteiger charge is -2.33. The molecule has 25 heavy (non-hydrogen) atoms. The molecule has 0 unspecified atom stereocenters. The summed E-state index contributed by atoms with van der Waals surface area (Å²) in [5, 5.41) is 23.8. The fourth-order valence-corrected chi connectivity index (χ4v) is 3.13. The minimum absolute atomic E-state index is 0.120. The van der Waals surface area contributed by atoms with E-state index < -0.39 is 0 Å². The summed E-state index contributed by atoms with van der Waals surface area (Å²) >= 11 is 0. The predicted molar refractivity (Wildman–Crippen MR) is 99.2 cm³/mol. The minimum atomic E-state index is -0.381. The second-order valence-corrected chi connectivity index (χ2v) is 6.34. The molecule has 2 aromatic rings. The predicted octanol–water partition coefficient (Wildman–Crippen LogP) is 3.21.